The van der Waals surface area contributed by atoms with Gasteiger partial charge in [0.1, 0.15) is 5.56 Å². The summed E-state index contributed by atoms with van der Waals surface area (Å²) in [5.41, 5.74) is -3.53. The van der Waals surface area contributed by atoms with Crippen LogP contribution in [0.2, 0.25) is 0 Å². The molecular weight excluding hydrogens is 384 g/mol. The van der Waals surface area contributed by atoms with Crippen molar-refractivity contribution in [1.29, 1.82) is 0 Å². The predicted octanol–water partition coefficient (Wildman–Crippen LogP) is 6.22. The molecule has 0 unspecified atom stereocenters. The lowest BCUT2D eigenvalue weighted by molar-refractivity contribution is -0.227. The van der Waals surface area contributed by atoms with Crippen LogP contribution < -0.4 is 4.74 Å². The Labute approximate surface area is 149 Å². The molecule has 1 nitrogen and oxygen atoms in total. The van der Waals surface area contributed by atoms with E-state index in [9.17, 15) is 35.1 Å². The standard InChI is InChI=1S/C18H14F8O/c1-8(2)27-16-14(21)12(19)11(13(20)15(16)22)18(25,26)17(23,24)10-6-4-9(3)5-7-10/h4-8H,1-3H3. The first-order valence-corrected chi connectivity index (χ1v) is 7.68. The fourth-order valence-corrected chi connectivity index (χ4v) is 2.33. The average Bonchev–Trinajstić information content (AvgIpc) is 2.57. The Morgan fingerprint density at radius 2 is 1.19 bits per heavy atom. The van der Waals surface area contributed by atoms with E-state index >= 15 is 0 Å². The Kier molecular flexibility index (Phi) is 5.45. The summed E-state index contributed by atoms with van der Waals surface area (Å²) < 4.78 is 118. The van der Waals surface area contributed by atoms with Gasteiger partial charge in [-0.05, 0) is 20.8 Å². The fourth-order valence-electron chi connectivity index (χ4n) is 2.33. The number of ether oxygens (including phenoxy) is 1. The van der Waals surface area contributed by atoms with Crippen LogP contribution in [0.25, 0.3) is 0 Å². The number of halogens is 8. The molecule has 27 heavy (non-hydrogen) atoms. The molecule has 0 saturated carbocycles. The van der Waals surface area contributed by atoms with E-state index < -0.39 is 58.1 Å². The summed E-state index contributed by atoms with van der Waals surface area (Å²) in [6.07, 6.45) is -0.965. The van der Waals surface area contributed by atoms with Crippen LogP contribution in [0.4, 0.5) is 35.1 Å². The molecule has 0 amide bonds. The topological polar surface area (TPSA) is 9.23 Å². The maximum atomic E-state index is 14.4. The molecule has 0 aromatic heterocycles. The van der Waals surface area contributed by atoms with Gasteiger partial charge in [0.15, 0.2) is 17.4 Å². The third-order valence-corrected chi connectivity index (χ3v) is 3.70. The van der Waals surface area contributed by atoms with E-state index in [1.165, 1.54) is 20.8 Å². The second kappa shape index (κ2) is 7.01. The number of hydrogen-bond acceptors (Lipinski definition) is 1. The highest BCUT2D eigenvalue weighted by atomic mass is 19.3. The van der Waals surface area contributed by atoms with Gasteiger partial charge in [0, 0.05) is 5.56 Å². The molecule has 0 radical (unpaired) electrons. The maximum absolute atomic E-state index is 14.4. The van der Waals surface area contributed by atoms with Gasteiger partial charge in [-0.1, -0.05) is 29.8 Å². The Morgan fingerprint density at radius 3 is 1.59 bits per heavy atom. The van der Waals surface area contributed by atoms with Gasteiger partial charge in [-0.3, -0.25) is 0 Å². The lowest BCUT2D eigenvalue weighted by Gasteiger charge is -2.28. The molecule has 9 heteroatoms. The second-order valence-corrected chi connectivity index (χ2v) is 6.14. The summed E-state index contributed by atoms with van der Waals surface area (Å²) in [5, 5.41) is 0. The first-order chi connectivity index (χ1) is 12.3. The van der Waals surface area contributed by atoms with Gasteiger partial charge in [0.25, 0.3) is 0 Å². The van der Waals surface area contributed by atoms with Gasteiger partial charge < -0.3 is 4.74 Å². The minimum atomic E-state index is -5.59. The van der Waals surface area contributed by atoms with Crippen LogP contribution in [0.3, 0.4) is 0 Å². The van der Waals surface area contributed by atoms with E-state index in [0.29, 0.717) is 17.7 Å². The molecule has 0 aliphatic carbocycles. The van der Waals surface area contributed by atoms with Crippen molar-refractivity contribution in [3.05, 3.63) is 64.2 Å². The summed E-state index contributed by atoms with van der Waals surface area (Å²) >= 11 is 0. The van der Waals surface area contributed by atoms with Crippen LogP contribution >= 0.6 is 0 Å². The second-order valence-electron chi connectivity index (χ2n) is 6.14. The lowest BCUT2D eigenvalue weighted by Crippen LogP contribution is -2.38. The molecule has 0 aliphatic heterocycles. The number of alkyl halides is 4. The van der Waals surface area contributed by atoms with E-state index in [-0.39, 0.29) is 0 Å². The smallest absolute Gasteiger partial charge is 0.345 e. The summed E-state index contributed by atoms with van der Waals surface area (Å²) in [6, 6.07) is 3.41. The Balaban J connectivity index is 2.70. The zero-order valence-corrected chi connectivity index (χ0v) is 14.3. The van der Waals surface area contributed by atoms with Crippen molar-refractivity contribution < 1.29 is 39.9 Å². The molecule has 0 spiro atoms. The minimum Gasteiger partial charge on any atom is -0.485 e. The molecule has 0 atom stereocenters. The zero-order valence-electron chi connectivity index (χ0n) is 14.3. The van der Waals surface area contributed by atoms with Crippen LogP contribution in [-0.2, 0) is 11.8 Å². The first-order valence-electron chi connectivity index (χ1n) is 7.68. The molecule has 2 aromatic carbocycles. The van der Waals surface area contributed by atoms with Crippen LogP contribution in [0.5, 0.6) is 5.75 Å². The van der Waals surface area contributed by atoms with Crippen molar-refractivity contribution in [3.8, 4) is 5.75 Å². The van der Waals surface area contributed by atoms with E-state index in [0.717, 1.165) is 12.1 Å². The molecule has 0 fully saturated rings. The molecule has 0 bridgehead atoms. The number of aryl methyl sites for hydroxylation is 1. The van der Waals surface area contributed by atoms with Gasteiger partial charge in [-0.25, -0.2) is 8.78 Å². The normalized spacial score (nSPS) is 12.6. The Bertz CT molecular complexity index is 814. The van der Waals surface area contributed by atoms with Gasteiger partial charge in [0.2, 0.25) is 11.6 Å². The van der Waals surface area contributed by atoms with Crippen molar-refractivity contribution in [2.24, 2.45) is 0 Å². The summed E-state index contributed by atoms with van der Waals surface area (Å²) in [7, 11) is 0. The molecule has 0 saturated heterocycles. The molecule has 0 aliphatic rings. The number of rotatable bonds is 5. The average molecular weight is 398 g/mol. The summed E-state index contributed by atoms with van der Waals surface area (Å²) in [5.74, 6) is -22.3. The predicted molar refractivity (Wildman–Crippen MR) is 81.0 cm³/mol. The molecule has 148 valence electrons. The molecule has 0 heterocycles. The Hall–Kier alpha value is -2.32. The monoisotopic (exact) mass is 398 g/mol. The third kappa shape index (κ3) is 3.46. The fraction of sp³-hybridized carbons (Fsp3) is 0.333. The van der Waals surface area contributed by atoms with Crippen molar-refractivity contribution in [2.45, 2.75) is 38.7 Å². The van der Waals surface area contributed by atoms with E-state index in [2.05, 4.69) is 4.74 Å². The van der Waals surface area contributed by atoms with E-state index in [1.807, 2.05) is 0 Å². The quantitative estimate of drug-likeness (QED) is 0.429. The first kappa shape index (κ1) is 21.0. The minimum absolute atomic E-state index is 0.461. The van der Waals surface area contributed by atoms with Gasteiger partial charge in [-0.15, -0.1) is 0 Å². The van der Waals surface area contributed by atoms with Crippen molar-refractivity contribution in [2.75, 3.05) is 0 Å². The SMILES string of the molecule is Cc1ccc(C(F)(F)C(F)(F)c2c(F)c(F)c(OC(C)C)c(F)c2F)cc1. The third-order valence-electron chi connectivity index (χ3n) is 3.70. The molecular formula is C18H14F8O. The van der Waals surface area contributed by atoms with Crippen LogP contribution in [0, 0.1) is 30.2 Å². The van der Waals surface area contributed by atoms with Crippen molar-refractivity contribution in [1.82, 2.24) is 0 Å². The van der Waals surface area contributed by atoms with Gasteiger partial charge in [-0.2, -0.15) is 26.3 Å². The van der Waals surface area contributed by atoms with Crippen LogP contribution in [0.1, 0.15) is 30.5 Å². The molecule has 2 aromatic rings. The van der Waals surface area contributed by atoms with Gasteiger partial charge >= 0.3 is 11.8 Å². The zero-order chi connectivity index (χ0) is 20.7. The largest absolute Gasteiger partial charge is 0.485 e. The van der Waals surface area contributed by atoms with Crippen molar-refractivity contribution >= 4 is 0 Å². The highest BCUT2D eigenvalue weighted by molar-refractivity contribution is 5.39. The number of benzene rings is 2. The summed E-state index contributed by atoms with van der Waals surface area (Å²) in [4.78, 5) is 0. The molecule has 2 rings (SSSR count). The van der Waals surface area contributed by atoms with E-state index in [1.54, 1.807) is 0 Å². The molecule has 0 N–H and O–H groups in total. The lowest BCUT2D eigenvalue weighted by atomic mass is 9.94. The van der Waals surface area contributed by atoms with Gasteiger partial charge in [0.05, 0.1) is 6.10 Å². The van der Waals surface area contributed by atoms with Crippen LogP contribution in [0.15, 0.2) is 24.3 Å². The van der Waals surface area contributed by atoms with E-state index in [4.69, 9.17) is 0 Å². The Morgan fingerprint density at radius 1 is 0.741 bits per heavy atom. The maximum Gasteiger partial charge on any atom is 0.345 e. The number of hydrogen-bond donors (Lipinski definition) is 0. The van der Waals surface area contributed by atoms with Crippen molar-refractivity contribution in [3.63, 3.8) is 0 Å². The highest BCUT2D eigenvalue weighted by Crippen LogP contribution is 2.52. The van der Waals surface area contributed by atoms with Crippen LogP contribution in [-0.4, -0.2) is 6.10 Å². The highest BCUT2D eigenvalue weighted by Gasteiger charge is 2.62. The summed E-state index contributed by atoms with van der Waals surface area (Å²) in [6.45, 7) is 4.00.